The lowest BCUT2D eigenvalue weighted by Crippen LogP contribution is -2.37. The lowest BCUT2D eigenvalue weighted by Gasteiger charge is -2.11. The standard InChI is InChI=1S/C22H22N2O4S/c1-14-18(24-21(28-14)16-5-3-2-4-6-16)12-27-17-9-7-15(8-10-17)11-20-23-19(13-29-20)22(25)26/h2-10,19-20,23H,11-13H2,1H3,(H,25,26). The molecule has 1 aromatic heterocycles. The normalized spacial score (nSPS) is 18.7. The highest BCUT2D eigenvalue weighted by molar-refractivity contribution is 8.00. The fourth-order valence-corrected chi connectivity index (χ4v) is 4.38. The van der Waals surface area contributed by atoms with Gasteiger partial charge in [-0.3, -0.25) is 10.1 Å². The van der Waals surface area contributed by atoms with Crippen molar-refractivity contribution in [3.8, 4) is 17.2 Å². The van der Waals surface area contributed by atoms with Gasteiger partial charge < -0.3 is 14.3 Å². The first-order valence-corrected chi connectivity index (χ1v) is 10.5. The predicted molar refractivity (Wildman–Crippen MR) is 112 cm³/mol. The number of ether oxygens (including phenoxy) is 1. The van der Waals surface area contributed by atoms with Crippen LogP contribution in [0.2, 0.25) is 0 Å². The van der Waals surface area contributed by atoms with Crippen molar-refractivity contribution >= 4 is 17.7 Å². The van der Waals surface area contributed by atoms with Crippen LogP contribution in [0, 0.1) is 6.92 Å². The van der Waals surface area contributed by atoms with Crippen LogP contribution in [0.5, 0.6) is 5.75 Å². The Hall–Kier alpha value is -2.77. The van der Waals surface area contributed by atoms with Crippen molar-refractivity contribution in [2.75, 3.05) is 5.75 Å². The number of carboxylic acid groups (broad SMARTS) is 1. The van der Waals surface area contributed by atoms with Gasteiger partial charge >= 0.3 is 5.97 Å². The summed E-state index contributed by atoms with van der Waals surface area (Å²) in [6.07, 6.45) is 0.775. The van der Waals surface area contributed by atoms with E-state index in [2.05, 4.69) is 10.3 Å². The summed E-state index contributed by atoms with van der Waals surface area (Å²) in [6, 6.07) is 17.2. The summed E-state index contributed by atoms with van der Waals surface area (Å²) in [7, 11) is 0. The van der Waals surface area contributed by atoms with Crippen molar-refractivity contribution in [3.05, 3.63) is 71.6 Å². The first-order valence-electron chi connectivity index (χ1n) is 9.42. The van der Waals surface area contributed by atoms with Crippen LogP contribution < -0.4 is 10.1 Å². The molecule has 0 radical (unpaired) electrons. The third kappa shape index (κ3) is 4.81. The highest BCUT2D eigenvalue weighted by Crippen LogP contribution is 2.25. The number of benzene rings is 2. The van der Waals surface area contributed by atoms with Gasteiger partial charge in [-0.1, -0.05) is 30.3 Å². The maximum Gasteiger partial charge on any atom is 0.321 e. The van der Waals surface area contributed by atoms with Crippen LogP contribution in [-0.4, -0.2) is 33.2 Å². The van der Waals surface area contributed by atoms with E-state index in [1.54, 1.807) is 11.8 Å². The van der Waals surface area contributed by atoms with Gasteiger partial charge in [0.25, 0.3) is 0 Å². The second kappa shape index (κ2) is 8.71. The maximum absolute atomic E-state index is 11.0. The Morgan fingerprint density at radius 2 is 2.00 bits per heavy atom. The molecular weight excluding hydrogens is 388 g/mol. The molecule has 2 heterocycles. The molecule has 4 rings (SSSR count). The number of carboxylic acids is 1. The molecule has 0 aliphatic carbocycles. The fraction of sp³-hybridized carbons (Fsp3) is 0.273. The monoisotopic (exact) mass is 410 g/mol. The second-order valence-electron chi connectivity index (χ2n) is 6.90. The Balaban J connectivity index is 1.33. The van der Waals surface area contributed by atoms with Gasteiger partial charge in [0.15, 0.2) is 0 Å². The van der Waals surface area contributed by atoms with Crippen molar-refractivity contribution < 1.29 is 19.1 Å². The summed E-state index contributed by atoms with van der Waals surface area (Å²) < 4.78 is 11.6. The minimum atomic E-state index is -0.790. The quantitative estimate of drug-likeness (QED) is 0.611. The van der Waals surface area contributed by atoms with Gasteiger partial charge in [0.05, 0.1) is 5.37 Å². The number of nitrogens with one attached hydrogen (secondary N) is 1. The van der Waals surface area contributed by atoms with Crippen LogP contribution in [0.3, 0.4) is 0 Å². The van der Waals surface area contributed by atoms with E-state index in [1.807, 2.05) is 61.5 Å². The van der Waals surface area contributed by atoms with E-state index >= 15 is 0 Å². The lowest BCUT2D eigenvalue weighted by molar-refractivity contribution is -0.138. The molecular formula is C22H22N2O4S. The number of nitrogens with zero attached hydrogens (tertiary/aromatic N) is 1. The molecule has 7 heteroatoms. The zero-order valence-electron chi connectivity index (χ0n) is 16.0. The summed E-state index contributed by atoms with van der Waals surface area (Å²) in [5.74, 6) is 1.91. The Kier molecular flexibility index (Phi) is 5.87. The number of aromatic nitrogens is 1. The van der Waals surface area contributed by atoms with Crippen LogP contribution in [0.4, 0.5) is 0 Å². The van der Waals surface area contributed by atoms with Crippen molar-refractivity contribution in [1.29, 1.82) is 0 Å². The average Bonchev–Trinajstić information content (AvgIpc) is 3.35. The smallest absolute Gasteiger partial charge is 0.321 e. The summed E-state index contributed by atoms with van der Waals surface area (Å²) in [5, 5.41) is 12.3. The highest BCUT2D eigenvalue weighted by atomic mass is 32.2. The third-order valence-electron chi connectivity index (χ3n) is 4.78. The number of oxazole rings is 1. The Morgan fingerprint density at radius 1 is 1.24 bits per heavy atom. The first kappa shape index (κ1) is 19.5. The zero-order valence-corrected chi connectivity index (χ0v) is 16.8. The molecule has 1 saturated heterocycles. The van der Waals surface area contributed by atoms with Gasteiger partial charge in [-0.2, -0.15) is 0 Å². The summed E-state index contributed by atoms with van der Waals surface area (Å²) in [6.45, 7) is 2.22. The number of thioether (sulfide) groups is 1. The fourth-order valence-electron chi connectivity index (χ4n) is 3.15. The van der Waals surface area contributed by atoms with Gasteiger partial charge in [-0.05, 0) is 43.2 Å². The van der Waals surface area contributed by atoms with Crippen LogP contribution in [0.15, 0.2) is 59.0 Å². The predicted octanol–water partition coefficient (Wildman–Crippen LogP) is 3.89. The zero-order chi connectivity index (χ0) is 20.2. The second-order valence-corrected chi connectivity index (χ2v) is 8.14. The number of aryl methyl sites for hydroxylation is 1. The molecule has 0 spiro atoms. The Morgan fingerprint density at radius 3 is 2.69 bits per heavy atom. The van der Waals surface area contributed by atoms with E-state index in [0.29, 0.717) is 18.3 Å². The maximum atomic E-state index is 11.0. The molecule has 2 N–H and O–H groups in total. The highest BCUT2D eigenvalue weighted by Gasteiger charge is 2.29. The number of hydrogen-bond acceptors (Lipinski definition) is 6. The van der Waals surface area contributed by atoms with Crippen LogP contribution in [0.1, 0.15) is 17.0 Å². The van der Waals surface area contributed by atoms with E-state index < -0.39 is 12.0 Å². The van der Waals surface area contributed by atoms with Crippen LogP contribution >= 0.6 is 11.8 Å². The molecule has 1 fully saturated rings. The number of rotatable bonds is 7. The molecule has 6 nitrogen and oxygen atoms in total. The van der Waals surface area contributed by atoms with Crippen molar-refractivity contribution in [3.63, 3.8) is 0 Å². The molecule has 2 atom stereocenters. The molecule has 3 aromatic rings. The first-order chi connectivity index (χ1) is 14.1. The van der Waals surface area contributed by atoms with E-state index in [4.69, 9.17) is 14.3 Å². The van der Waals surface area contributed by atoms with Crippen molar-refractivity contribution in [2.24, 2.45) is 0 Å². The number of aliphatic carboxylic acids is 1. The van der Waals surface area contributed by atoms with E-state index in [9.17, 15) is 4.79 Å². The molecule has 0 saturated carbocycles. The molecule has 0 bridgehead atoms. The van der Waals surface area contributed by atoms with Gasteiger partial charge in [-0.15, -0.1) is 11.8 Å². The van der Waals surface area contributed by atoms with Crippen LogP contribution in [-0.2, 0) is 17.8 Å². The largest absolute Gasteiger partial charge is 0.487 e. The van der Waals surface area contributed by atoms with Gasteiger partial charge in [0.1, 0.15) is 29.9 Å². The Labute approximate surface area is 173 Å². The van der Waals surface area contributed by atoms with Gasteiger partial charge in [-0.25, -0.2) is 4.98 Å². The molecule has 1 aliphatic heterocycles. The van der Waals surface area contributed by atoms with E-state index in [-0.39, 0.29) is 5.37 Å². The summed E-state index contributed by atoms with van der Waals surface area (Å²) in [5.41, 5.74) is 2.85. The lowest BCUT2D eigenvalue weighted by atomic mass is 10.1. The van der Waals surface area contributed by atoms with Crippen molar-refractivity contribution in [2.45, 2.75) is 31.4 Å². The number of carbonyl (C=O) groups is 1. The molecule has 2 unspecified atom stereocenters. The van der Waals surface area contributed by atoms with Crippen LogP contribution in [0.25, 0.3) is 11.5 Å². The van der Waals surface area contributed by atoms with E-state index in [1.165, 1.54) is 0 Å². The summed E-state index contributed by atoms with van der Waals surface area (Å²) >= 11 is 1.65. The SMILES string of the molecule is Cc1oc(-c2ccccc2)nc1COc1ccc(CC2NC(C(=O)O)CS2)cc1. The molecule has 0 amide bonds. The third-order valence-corrected chi connectivity index (χ3v) is 6.01. The van der Waals surface area contributed by atoms with E-state index in [0.717, 1.165) is 34.8 Å². The minimum Gasteiger partial charge on any atom is -0.487 e. The molecule has 29 heavy (non-hydrogen) atoms. The molecule has 2 aromatic carbocycles. The Bertz CT molecular complexity index is 972. The molecule has 150 valence electrons. The number of hydrogen-bond donors (Lipinski definition) is 2. The topological polar surface area (TPSA) is 84.6 Å². The molecule has 1 aliphatic rings. The average molecular weight is 410 g/mol. The van der Waals surface area contributed by atoms with Crippen molar-refractivity contribution in [1.82, 2.24) is 10.3 Å². The minimum absolute atomic E-state index is 0.122. The van der Waals surface area contributed by atoms with Gasteiger partial charge in [0.2, 0.25) is 5.89 Å². The van der Waals surface area contributed by atoms with Gasteiger partial charge in [0, 0.05) is 11.3 Å². The summed E-state index contributed by atoms with van der Waals surface area (Å²) in [4.78, 5) is 15.6.